The fourth-order valence-electron chi connectivity index (χ4n) is 4.86. The highest BCUT2D eigenvalue weighted by Crippen LogP contribution is 2.35. The minimum atomic E-state index is -4.39. The summed E-state index contributed by atoms with van der Waals surface area (Å²) in [6.07, 6.45) is -3.80. The molecule has 0 aromatic heterocycles. The van der Waals surface area contributed by atoms with E-state index in [1.165, 1.54) is 0 Å². The zero-order chi connectivity index (χ0) is 27.1. The third kappa shape index (κ3) is 7.42. The van der Waals surface area contributed by atoms with Crippen molar-refractivity contribution in [2.45, 2.75) is 31.5 Å². The van der Waals surface area contributed by atoms with Crippen LogP contribution >= 0.6 is 12.4 Å². The second-order valence-electron chi connectivity index (χ2n) is 9.33. The van der Waals surface area contributed by atoms with Crippen molar-refractivity contribution in [1.82, 2.24) is 5.32 Å². The molecule has 0 bridgehead atoms. The summed E-state index contributed by atoms with van der Waals surface area (Å²) < 4.78 is 39.8. The number of alkyl halides is 3. The van der Waals surface area contributed by atoms with E-state index in [2.05, 4.69) is 16.3 Å². The van der Waals surface area contributed by atoms with Gasteiger partial charge in [0.25, 0.3) is 0 Å². The van der Waals surface area contributed by atoms with Gasteiger partial charge in [-0.2, -0.15) is 13.2 Å². The maximum absolute atomic E-state index is 13.3. The molecule has 0 radical (unpaired) electrons. The highest BCUT2D eigenvalue weighted by atomic mass is 35.5. The van der Waals surface area contributed by atoms with Crippen molar-refractivity contribution in [1.29, 1.82) is 0 Å². The number of aryl methyl sites for hydroxylation is 1. The molecule has 4 aromatic carbocycles. The molecule has 204 valence electrons. The number of likely N-dealkylation sites (N-methyl/N-ethyl adjacent to an activating group) is 1. The van der Waals surface area contributed by atoms with Crippen molar-refractivity contribution in [3.05, 3.63) is 137 Å². The van der Waals surface area contributed by atoms with Gasteiger partial charge < -0.3 is 10.2 Å². The van der Waals surface area contributed by atoms with Crippen LogP contribution in [0.5, 0.6) is 0 Å². The largest absolute Gasteiger partial charge is 0.416 e. The summed E-state index contributed by atoms with van der Waals surface area (Å²) in [5.74, 6) is -0.300. The number of carbonyl (C=O) groups is 1. The molecule has 0 saturated heterocycles. The van der Waals surface area contributed by atoms with E-state index in [1.807, 2.05) is 85.8 Å². The van der Waals surface area contributed by atoms with E-state index in [9.17, 15) is 18.0 Å². The molecule has 1 amide bonds. The first-order valence-electron chi connectivity index (χ1n) is 12.6. The van der Waals surface area contributed by atoms with Gasteiger partial charge >= 0.3 is 6.18 Å². The Hall–Kier alpha value is -3.77. The summed E-state index contributed by atoms with van der Waals surface area (Å²) in [6, 6.07) is 32.2. The first-order valence-corrected chi connectivity index (χ1v) is 12.6. The van der Waals surface area contributed by atoms with Crippen LogP contribution < -0.4 is 10.2 Å². The molecule has 0 heterocycles. The van der Waals surface area contributed by atoms with Gasteiger partial charge in [0.15, 0.2) is 0 Å². The Labute approximate surface area is 234 Å². The predicted molar refractivity (Wildman–Crippen MR) is 153 cm³/mol. The summed E-state index contributed by atoms with van der Waals surface area (Å²) in [6.45, 7) is 2.50. The molecule has 39 heavy (non-hydrogen) atoms. The van der Waals surface area contributed by atoms with Gasteiger partial charge in [-0.05, 0) is 54.3 Å². The van der Waals surface area contributed by atoms with Crippen molar-refractivity contribution in [2.75, 3.05) is 18.5 Å². The van der Waals surface area contributed by atoms with Gasteiger partial charge in [-0.25, -0.2) is 0 Å². The summed E-state index contributed by atoms with van der Waals surface area (Å²) in [7, 11) is 1.62. The Bertz CT molecular complexity index is 1330. The second kappa shape index (κ2) is 13.3. The van der Waals surface area contributed by atoms with E-state index >= 15 is 0 Å². The number of nitrogens with zero attached hydrogens (tertiary/aromatic N) is 1. The first-order chi connectivity index (χ1) is 18.3. The minimum absolute atomic E-state index is 0. The molecule has 3 nitrogen and oxygen atoms in total. The van der Waals surface area contributed by atoms with Crippen molar-refractivity contribution >= 4 is 24.0 Å². The zero-order valence-electron chi connectivity index (χ0n) is 21.9. The predicted octanol–water partition coefficient (Wildman–Crippen LogP) is 7.95. The Kier molecular flexibility index (Phi) is 10.2. The SMILES string of the molecule is CNC(=O)[C@H](c1ccccc1)N(CC[C@H](c1ccc(C(F)(F)F)cc1)c1cccc(C)c1)c1ccccc1.Cl. The van der Waals surface area contributed by atoms with Crippen molar-refractivity contribution in [3.8, 4) is 0 Å². The maximum atomic E-state index is 13.3. The molecule has 4 rings (SSSR count). The molecule has 1 N–H and O–H groups in total. The number of halogens is 4. The molecule has 7 heteroatoms. The van der Waals surface area contributed by atoms with Crippen LogP contribution in [-0.4, -0.2) is 19.5 Å². The lowest BCUT2D eigenvalue weighted by Gasteiger charge is -2.34. The zero-order valence-corrected chi connectivity index (χ0v) is 22.7. The number of anilines is 1. The molecule has 4 aromatic rings. The molecular formula is C32H32ClF3N2O. The Morgan fingerprint density at radius 1 is 0.795 bits per heavy atom. The van der Waals surface area contributed by atoms with Gasteiger partial charge in [-0.15, -0.1) is 12.4 Å². The fourth-order valence-corrected chi connectivity index (χ4v) is 4.86. The Morgan fingerprint density at radius 3 is 1.95 bits per heavy atom. The number of rotatable bonds is 9. The summed E-state index contributed by atoms with van der Waals surface area (Å²) in [4.78, 5) is 15.3. The first kappa shape index (κ1) is 29.8. The Balaban J connectivity index is 0.00000420. The number of hydrogen-bond acceptors (Lipinski definition) is 2. The van der Waals surface area contributed by atoms with Gasteiger partial charge in [0, 0.05) is 25.2 Å². The summed E-state index contributed by atoms with van der Waals surface area (Å²) in [5.41, 5.74) is 3.98. The van der Waals surface area contributed by atoms with E-state index in [1.54, 1.807) is 19.2 Å². The van der Waals surface area contributed by atoms with Gasteiger partial charge in [0.05, 0.1) is 5.56 Å². The molecule has 0 aliphatic heterocycles. The number of carbonyl (C=O) groups excluding carboxylic acids is 1. The highest BCUT2D eigenvalue weighted by molar-refractivity contribution is 5.86. The minimum Gasteiger partial charge on any atom is -0.357 e. The average molecular weight is 553 g/mol. The summed E-state index contributed by atoms with van der Waals surface area (Å²) >= 11 is 0. The molecule has 0 fully saturated rings. The number of benzene rings is 4. The van der Waals surface area contributed by atoms with E-state index < -0.39 is 17.8 Å². The van der Waals surface area contributed by atoms with Gasteiger partial charge in [-0.1, -0.05) is 90.5 Å². The number of nitrogens with one attached hydrogen (secondary N) is 1. The number of hydrogen-bond donors (Lipinski definition) is 1. The molecule has 0 saturated carbocycles. The summed E-state index contributed by atoms with van der Waals surface area (Å²) in [5, 5.41) is 2.81. The van der Waals surface area contributed by atoms with Crippen LogP contribution in [0.3, 0.4) is 0 Å². The molecular weight excluding hydrogens is 521 g/mol. The van der Waals surface area contributed by atoms with E-state index in [0.717, 1.165) is 40.1 Å². The molecule has 0 aliphatic carbocycles. The lowest BCUT2D eigenvalue weighted by atomic mass is 9.87. The number of amides is 1. The van der Waals surface area contributed by atoms with Crippen LogP contribution in [0.25, 0.3) is 0 Å². The topological polar surface area (TPSA) is 32.3 Å². The lowest BCUT2D eigenvalue weighted by Crippen LogP contribution is -2.40. The smallest absolute Gasteiger partial charge is 0.357 e. The second-order valence-corrected chi connectivity index (χ2v) is 9.33. The third-order valence-corrected chi connectivity index (χ3v) is 6.75. The van der Waals surface area contributed by atoms with Crippen LogP contribution in [-0.2, 0) is 11.0 Å². The van der Waals surface area contributed by atoms with E-state index in [0.29, 0.717) is 13.0 Å². The van der Waals surface area contributed by atoms with Crippen molar-refractivity contribution in [2.24, 2.45) is 0 Å². The fraction of sp³-hybridized carbons (Fsp3) is 0.219. The molecule has 2 atom stereocenters. The molecule has 0 spiro atoms. The highest BCUT2D eigenvalue weighted by Gasteiger charge is 2.31. The standard InChI is InChI=1S/C32H31F3N2O.ClH/c1-23-10-9-13-26(22-23)29(24-16-18-27(19-17-24)32(33,34)35)20-21-37(28-14-7-4-8-15-28)30(31(38)36-2)25-11-5-3-6-12-25;/h3-19,22,29-30H,20-21H2,1-2H3,(H,36,38);1H/t29-,30+;/m1./s1. The van der Waals surface area contributed by atoms with Crippen LogP contribution in [0.1, 0.15) is 46.2 Å². The Morgan fingerprint density at radius 2 is 1.38 bits per heavy atom. The monoisotopic (exact) mass is 552 g/mol. The van der Waals surface area contributed by atoms with Gasteiger partial charge in [-0.3, -0.25) is 4.79 Å². The van der Waals surface area contributed by atoms with E-state index in [4.69, 9.17) is 0 Å². The van der Waals surface area contributed by atoms with Crippen LogP contribution in [0.15, 0.2) is 109 Å². The number of para-hydroxylation sites is 1. The average Bonchev–Trinajstić information content (AvgIpc) is 2.93. The van der Waals surface area contributed by atoms with E-state index in [-0.39, 0.29) is 24.2 Å². The van der Waals surface area contributed by atoms with Crippen LogP contribution in [0, 0.1) is 6.92 Å². The van der Waals surface area contributed by atoms with Crippen LogP contribution in [0.2, 0.25) is 0 Å². The van der Waals surface area contributed by atoms with Gasteiger partial charge in [0.2, 0.25) is 5.91 Å². The van der Waals surface area contributed by atoms with Gasteiger partial charge in [0.1, 0.15) is 6.04 Å². The quantitative estimate of drug-likeness (QED) is 0.228. The van der Waals surface area contributed by atoms with Crippen LogP contribution in [0.4, 0.5) is 18.9 Å². The van der Waals surface area contributed by atoms with Crippen molar-refractivity contribution < 1.29 is 18.0 Å². The normalized spacial score (nSPS) is 12.6. The van der Waals surface area contributed by atoms with Crippen molar-refractivity contribution in [3.63, 3.8) is 0 Å². The lowest BCUT2D eigenvalue weighted by molar-refractivity contribution is -0.137. The third-order valence-electron chi connectivity index (χ3n) is 6.75. The molecule has 0 aliphatic rings. The maximum Gasteiger partial charge on any atom is 0.416 e. The molecule has 0 unspecified atom stereocenters.